The van der Waals surface area contributed by atoms with E-state index >= 15 is 0 Å². The highest BCUT2D eigenvalue weighted by Crippen LogP contribution is 2.19. The van der Waals surface area contributed by atoms with E-state index < -0.39 is 0 Å². The fourth-order valence-corrected chi connectivity index (χ4v) is 2.47. The predicted molar refractivity (Wildman–Crippen MR) is 63.8 cm³/mol. The van der Waals surface area contributed by atoms with Gasteiger partial charge in [0.05, 0.1) is 0 Å². The van der Waals surface area contributed by atoms with Crippen molar-refractivity contribution in [3.05, 3.63) is 0 Å². The third-order valence-corrected chi connectivity index (χ3v) is 3.36. The van der Waals surface area contributed by atoms with Crippen LogP contribution in [0.25, 0.3) is 0 Å². The molecule has 90 valence electrons. The van der Waals surface area contributed by atoms with Crippen LogP contribution in [0, 0.1) is 0 Å². The van der Waals surface area contributed by atoms with Gasteiger partial charge >= 0.3 is 0 Å². The van der Waals surface area contributed by atoms with E-state index in [4.69, 9.17) is 10.8 Å². The zero-order valence-corrected chi connectivity index (χ0v) is 9.83. The normalized spacial score (nSPS) is 23.2. The lowest BCUT2D eigenvalue weighted by atomic mass is 9.99. The highest BCUT2D eigenvalue weighted by Gasteiger charge is 2.20. The lowest BCUT2D eigenvalue weighted by Crippen LogP contribution is -2.40. The summed E-state index contributed by atoms with van der Waals surface area (Å²) in [5, 5.41) is 9.00. The minimum absolute atomic E-state index is 0.337. The Balaban J connectivity index is 2.17. The number of likely N-dealkylation sites (tertiary alicyclic amines) is 1. The molecule has 0 aromatic heterocycles. The van der Waals surface area contributed by atoms with E-state index in [0.29, 0.717) is 12.6 Å². The standard InChI is InChI=1S/C12H26N2O/c13-8-3-1-4-9-14-10-5-2-6-12(14)7-11-15/h12,15H,1-11,13H2. The van der Waals surface area contributed by atoms with E-state index in [9.17, 15) is 0 Å². The van der Waals surface area contributed by atoms with Crippen LogP contribution in [0.1, 0.15) is 44.9 Å². The Bertz CT molecular complexity index is 151. The molecule has 3 N–H and O–H groups in total. The van der Waals surface area contributed by atoms with Crippen LogP contribution < -0.4 is 5.73 Å². The number of nitrogens with two attached hydrogens (primary N) is 1. The van der Waals surface area contributed by atoms with E-state index in [-0.39, 0.29) is 0 Å². The third kappa shape index (κ3) is 4.96. The Labute approximate surface area is 93.6 Å². The lowest BCUT2D eigenvalue weighted by Gasteiger charge is -2.35. The van der Waals surface area contributed by atoms with Crippen LogP contribution in [0.3, 0.4) is 0 Å². The molecule has 0 amide bonds. The molecule has 1 aliphatic heterocycles. The molecule has 0 aromatic carbocycles. The average Bonchev–Trinajstić information content (AvgIpc) is 2.27. The topological polar surface area (TPSA) is 49.5 Å². The molecule has 1 aliphatic rings. The maximum absolute atomic E-state index is 9.00. The molecule has 0 radical (unpaired) electrons. The maximum atomic E-state index is 9.00. The molecule has 0 aliphatic carbocycles. The summed E-state index contributed by atoms with van der Waals surface area (Å²) in [4.78, 5) is 2.57. The van der Waals surface area contributed by atoms with Crippen molar-refractivity contribution in [3.8, 4) is 0 Å². The fourth-order valence-electron chi connectivity index (χ4n) is 2.47. The van der Waals surface area contributed by atoms with Crippen LogP contribution in [-0.2, 0) is 0 Å². The summed E-state index contributed by atoms with van der Waals surface area (Å²) in [5.41, 5.74) is 5.48. The molecular weight excluding hydrogens is 188 g/mol. The Kier molecular flexibility index (Phi) is 6.98. The minimum atomic E-state index is 0.337. The molecule has 3 heteroatoms. The van der Waals surface area contributed by atoms with Crippen LogP contribution in [0.2, 0.25) is 0 Å². The first-order valence-electron chi connectivity index (χ1n) is 6.43. The Morgan fingerprint density at radius 1 is 1.20 bits per heavy atom. The first-order valence-corrected chi connectivity index (χ1v) is 6.43. The van der Waals surface area contributed by atoms with E-state index in [1.807, 2.05) is 0 Å². The quantitative estimate of drug-likeness (QED) is 0.629. The van der Waals surface area contributed by atoms with Crippen molar-refractivity contribution in [2.45, 2.75) is 51.0 Å². The number of nitrogens with zero attached hydrogens (tertiary/aromatic N) is 1. The van der Waals surface area contributed by atoms with Gasteiger partial charge in [-0.2, -0.15) is 0 Å². The van der Waals surface area contributed by atoms with Crippen molar-refractivity contribution < 1.29 is 5.11 Å². The minimum Gasteiger partial charge on any atom is -0.396 e. The van der Waals surface area contributed by atoms with Gasteiger partial charge in [-0.1, -0.05) is 12.8 Å². The van der Waals surface area contributed by atoms with Crippen molar-refractivity contribution >= 4 is 0 Å². The number of aliphatic hydroxyl groups excluding tert-OH is 1. The molecule has 0 spiro atoms. The molecule has 1 atom stereocenters. The summed E-state index contributed by atoms with van der Waals surface area (Å²) < 4.78 is 0. The van der Waals surface area contributed by atoms with Crippen LogP contribution in [0.4, 0.5) is 0 Å². The molecule has 1 fully saturated rings. The first-order chi connectivity index (χ1) is 7.38. The van der Waals surface area contributed by atoms with E-state index in [0.717, 1.165) is 19.4 Å². The Hall–Kier alpha value is -0.120. The van der Waals surface area contributed by atoms with Gasteiger partial charge in [0.25, 0.3) is 0 Å². The highest BCUT2D eigenvalue weighted by molar-refractivity contribution is 4.76. The van der Waals surface area contributed by atoms with Gasteiger partial charge in [-0.15, -0.1) is 0 Å². The fraction of sp³-hybridized carbons (Fsp3) is 1.00. The number of aliphatic hydroxyl groups is 1. The lowest BCUT2D eigenvalue weighted by molar-refractivity contribution is 0.117. The van der Waals surface area contributed by atoms with Crippen molar-refractivity contribution in [1.29, 1.82) is 0 Å². The second-order valence-electron chi connectivity index (χ2n) is 4.55. The summed E-state index contributed by atoms with van der Waals surface area (Å²) in [6.07, 6.45) is 8.56. The molecule has 1 saturated heterocycles. The summed E-state index contributed by atoms with van der Waals surface area (Å²) in [6, 6.07) is 0.640. The number of hydrogen-bond donors (Lipinski definition) is 2. The number of piperidine rings is 1. The van der Waals surface area contributed by atoms with Gasteiger partial charge in [-0.25, -0.2) is 0 Å². The summed E-state index contributed by atoms with van der Waals surface area (Å²) >= 11 is 0. The van der Waals surface area contributed by atoms with Crippen molar-refractivity contribution in [2.24, 2.45) is 5.73 Å². The Morgan fingerprint density at radius 2 is 2.07 bits per heavy atom. The summed E-state index contributed by atoms with van der Waals surface area (Å²) in [7, 11) is 0. The summed E-state index contributed by atoms with van der Waals surface area (Å²) in [6.45, 7) is 3.59. The largest absolute Gasteiger partial charge is 0.396 e. The zero-order chi connectivity index (χ0) is 10.9. The van der Waals surface area contributed by atoms with Crippen molar-refractivity contribution in [3.63, 3.8) is 0 Å². The molecule has 0 saturated carbocycles. The average molecular weight is 214 g/mol. The summed E-state index contributed by atoms with van der Waals surface area (Å²) in [5.74, 6) is 0. The SMILES string of the molecule is NCCCCCN1CCCCC1CCO. The highest BCUT2D eigenvalue weighted by atomic mass is 16.3. The number of rotatable bonds is 7. The molecule has 0 aromatic rings. The van der Waals surface area contributed by atoms with Gasteiger partial charge < -0.3 is 15.7 Å². The van der Waals surface area contributed by atoms with Gasteiger partial charge in [0, 0.05) is 12.6 Å². The van der Waals surface area contributed by atoms with Crippen molar-refractivity contribution in [1.82, 2.24) is 4.90 Å². The molecule has 15 heavy (non-hydrogen) atoms. The van der Waals surface area contributed by atoms with Crippen molar-refractivity contribution in [2.75, 3.05) is 26.2 Å². The van der Waals surface area contributed by atoms with Crippen LogP contribution in [-0.4, -0.2) is 42.3 Å². The van der Waals surface area contributed by atoms with Gasteiger partial charge in [0.1, 0.15) is 0 Å². The van der Waals surface area contributed by atoms with Gasteiger partial charge in [0.15, 0.2) is 0 Å². The van der Waals surface area contributed by atoms with Crippen LogP contribution in [0.5, 0.6) is 0 Å². The Morgan fingerprint density at radius 3 is 2.80 bits per heavy atom. The zero-order valence-electron chi connectivity index (χ0n) is 9.83. The van der Waals surface area contributed by atoms with Crippen LogP contribution in [0.15, 0.2) is 0 Å². The predicted octanol–water partition coefficient (Wildman–Crippen LogP) is 1.35. The number of hydrogen-bond acceptors (Lipinski definition) is 3. The van der Waals surface area contributed by atoms with Gasteiger partial charge in [0.2, 0.25) is 0 Å². The molecule has 0 bridgehead atoms. The molecule has 3 nitrogen and oxygen atoms in total. The van der Waals surface area contributed by atoms with Gasteiger partial charge in [-0.3, -0.25) is 0 Å². The smallest absolute Gasteiger partial charge is 0.0445 e. The first kappa shape index (κ1) is 12.9. The molecule has 1 rings (SSSR count). The second-order valence-corrected chi connectivity index (χ2v) is 4.55. The van der Waals surface area contributed by atoms with E-state index in [1.54, 1.807) is 0 Å². The molecule has 1 heterocycles. The number of unbranched alkanes of at least 4 members (excludes halogenated alkanes) is 2. The van der Waals surface area contributed by atoms with Gasteiger partial charge in [-0.05, 0) is 51.7 Å². The molecule has 1 unspecified atom stereocenters. The third-order valence-electron chi connectivity index (χ3n) is 3.36. The maximum Gasteiger partial charge on any atom is 0.0445 e. The van der Waals surface area contributed by atoms with Crippen LogP contribution >= 0.6 is 0 Å². The van der Waals surface area contributed by atoms with E-state index in [2.05, 4.69) is 4.90 Å². The monoisotopic (exact) mass is 214 g/mol. The molecular formula is C12H26N2O. The second kappa shape index (κ2) is 8.08. The van der Waals surface area contributed by atoms with E-state index in [1.165, 1.54) is 45.2 Å².